The van der Waals surface area contributed by atoms with Gasteiger partial charge in [-0.3, -0.25) is 4.79 Å². The largest absolute Gasteiger partial charge is 0.397 e. The predicted molar refractivity (Wildman–Crippen MR) is 134 cm³/mol. The summed E-state index contributed by atoms with van der Waals surface area (Å²) in [5.74, 6) is 0.882. The fourth-order valence-corrected chi connectivity index (χ4v) is 6.66. The Labute approximate surface area is 202 Å². The number of carbonyl (C=O) groups excluding carboxylic acids is 1. The first kappa shape index (κ1) is 21.8. The fraction of sp³-hybridized carbons (Fsp3) is 0.480. The number of nitrogens with two attached hydrogens (primary N) is 2. The van der Waals surface area contributed by atoms with E-state index in [1.54, 1.807) is 0 Å². The molecule has 3 atom stereocenters. The van der Waals surface area contributed by atoms with Crippen molar-refractivity contribution < 1.29 is 9.53 Å². The Balaban J connectivity index is 1.15. The number of aryl methyl sites for hydroxylation is 2. The number of nitrogens with zero attached hydrogens (tertiary/aromatic N) is 3. The molecule has 0 unspecified atom stereocenters. The van der Waals surface area contributed by atoms with Gasteiger partial charge in [0.15, 0.2) is 0 Å². The first-order chi connectivity index (χ1) is 16.4. The molecule has 0 saturated carbocycles. The number of rotatable bonds is 3. The van der Waals surface area contributed by atoms with Crippen molar-refractivity contribution in [2.75, 3.05) is 36.9 Å². The quantitative estimate of drug-likeness (QED) is 0.529. The van der Waals surface area contributed by atoms with E-state index in [9.17, 15) is 4.79 Å². The highest BCUT2D eigenvalue weighted by molar-refractivity contribution is 7.21. The highest BCUT2D eigenvalue weighted by atomic mass is 32.1. The highest BCUT2D eigenvalue weighted by Gasteiger charge is 2.47. The Morgan fingerprint density at radius 1 is 1.29 bits per heavy atom. The molecule has 8 nitrogen and oxygen atoms in total. The van der Waals surface area contributed by atoms with Crippen LogP contribution in [0.25, 0.3) is 10.2 Å². The molecule has 9 heteroatoms. The third-order valence-electron chi connectivity index (χ3n) is 7.69. The van der Waals surface area contributed by atoms with Crippen molar-refractivity contribution in [1.29, 1.82) is 0 Å². The van der Waals surface area contributed by atoms with Crippen molar-refractivity contribution in [3.8, 4) is 0 Å². The van der Waals surface area contributed by atoms with Gasteiger partial charge in [-0.25, -0.2) is 9.97 Å². The molecule has 5 heterocycles. The van der Waals surface area contributed by atoms with E-state index < -0.39 is 0 Å². The van der Waals surface area contributed by atoms with Crippen LogP contribution in [0.1, 0.15) is 39.5 Å². The van der Waals surface area contributed by atoms with Crippen LogP contribution in [-0.4, -0.2) is 54.3 Å². The Morgan fingerprint density at radius 3 is 3.00 bits per heavy atom. The maximum atomic E-state index is 13.0. The zero-order chi connectivity index (χ0) is 23.4. The molecule has 3 aliphatic rings. The molecule has 0 radical (unpaired) electrons. The van der Waals surface area contributed by atoms with Crippen LogP contribution in [0.4, 0.5) is 11.5 Å². The Hall–Kier alpha value is -2.75. The lowest BCUT2D eigenvalue weighted by Crippen LogP contribution is -2.40. The van der Waals surface area contributed by atoms with Gasteiger partial charge in [-0.2, -0.15) is 0 Å². The van der Waals surface area contributed by atoms with E-state index in [4.69, 9.17) is 21.2 Å². The van der Waals surface area contributed by atoms with Crippen LogP contribution in [0, 0.1) is 12.3 Å². The smallest absolute Gasteiger partial charge is 0.263 e. The summed E-state index contributed by atoms with van der Waals surface area (Å²) >= 11 is 1.36. The number of pyridine rings is 2. The molecule has 1 amide bonds. The van der Waals surface area contributed by atoms with E-state index in [1.165, 1.54) is 16.9 Å². The number of nitrogens with one attached hydrogen (secondary N) is 1. The van der Waals surface area contributed by atoms with Gasteiger partial charge in [-0.15, -0.1) is 11.3 Å². The summed E-state index contributed by atoms with van der Waals surface area (Å²) in [5.41, 5.74) is 16.6. The average molecular weight is 479 g/mol. The molecule has 2 aliphatic heterocycles. The average Bonchev–Trinajstić information content (AvgIpc) is 3.52. The normalized spacial score (nSPS) is 26.4. The molecule has 2 saturated heterocycles. The summed E-state index contributed by atoms with van der Waals surface area (Å²) < 4.78 is 5.66. The van der Waals surface area contributed by atoms with Gasteiger partial charge >= 0.3 is 0 Å². The predicted octanol–water partition coefficient (Wildman–Crippen LogP) is 2.42. The van der Waals surface area contributed by atoms with Crippen molar-refractivity contribution >= 4 is 39.0 Å². The Kier molecular flexibility index (Phi) is 5.24. The molecule has 178 valence electrons. The zero-order valence-electron chi connectivity index (χ0n) is 19.3. The number of ether oxygens (including phenoxy) is 1. The molecular formula is C25H30N6O2S. The van der Waals surface area contributed by atoms with Gasteiger partial charge in [0.1, 0.15) is 15.5 Å². The maximum absolute atomic E-state index is 13.0. The van der Waals surface area contributed by atoms with Crippen LogP contribution in [0.3, 0.4) is 0 Å². The van der Waals surface area contributed by atoms with Crippen LogP contribution < -0.4 is 21.7 Å². The second-order valence-corrected chi connectivity index (χ2v) is 11.0. The Morgan fingerprint density at radius 2 is 2.18 bits per heavy atom. The molecule has 3 aromatic rings. The standard InChI is InChI=1S/C25H30N6O2S/c1-14-2-5-17-21(27)22(34-24(17)28-14)23(32)29-16-4-6-18-15(10-16)3-7-20(30-18)31-11-19(26)25(12-31)8-9-33-13-25/h2-3,5,7,16,19H,4,6,8-13,26-27H2,1H3,(H,29,32)/t16-,19+,25+/m0/s1. The minimum absolute atomic E-state index is 0.0612. The number of hydrogen-bond acceptors (Lipinski definition) is 8. The van der Waals surface area contributed by atoms with Crippen molar-refractivity contribution in [3.63, 3.8) is 0 Å². The van der Waals surface area contributed by atoms with Crippen LogP contribution >= 0.6 is 11.3 Å². The van der Waals surface area contributed by atoms with E-state index in [-0.39, 0.29) is 23.4 Å². The molecule has 1 spiro atoms. The van der Waals surface area contributed by atoms with Gasteiger partial charge < -0.3 is 26.4 Å². The molecule has 5 N–H and O–H groups in total. The number of nitrogen functional groups attached to an aromatic ring is 1. The molecule has 3 aromatic heterocycles. The van der Waals surface area contributed by atoms with Gasteiger partial charge in [0.25, 0.3) is 5.91 Å². The second kappa shape index (κ2) is 8.18. The second-order valence-electron chi connectivity index (χ2n) is 9.99. The summed E-state index contributed by atoms with van der Waals surface area (Å²) in [4.78, 5) is 26.2. The van der Waals surface area contributed by atoms with Crippen molar-refractivity contribution in [3.05, 3.63) is 46.1 Å². The first-order valence-electron chi connectivity index (χ1n) is 12.0. The first-order valence-corrected chi connectivity index (χ1v) is 12.8. The van der Waals surface area contributed by atoms with E-state index in [1.807, 2.05) is 19.1 Å². The fourth-order valence-electron chi connectivity index (χ4n) is 5.62. The van der Waals surface area contributed by atoms with Crippen LogP contribution in [0.2, 0.25) is 0 Å². The van der Waals surface area contributed by atoms with Gasteiger partial charge in [0, 0.05) is 54.0 Å². The monoisotopic (exact) mass is 478 g/mol. The summed E-state index contributed by atoms with van der Waals surface area (Å²) in [6.07, 6.45) is 3.49. The summed E-state index contributed by atoms with van der Waals surface area (Å²) in [5, 5.41) is 4.04. The zero-order valence-corrected chi connectivity index (χ0v) is 20.2. The van der Waals surface area contributed by atoms with E-state index in [0.717, 1.165) is 79.4 Å². The van der Waals surface area contributed by atoms with Crippen LogP contribution in [0.5, 0.6) is 0 Å². The van der Waals surface area contributed by atoms with Crippen molar-refractivity contribution in [2.24, 2.45) is 11.1 Å². The lowest BCUT2D eigenvalue weighted by Gasteiger charge is -2.27. The molecule has 0 bridgehead atoms. The topological polar surface area (TPSA) is 119 Å². The lowest BCUT2D eigenvalue weighted by atomic mass is 9.83. The number of anilines is 2. The number of amides is 1. The Bertz CT molecular complexity index is 1270. The molecule has 2 fully saturated rings. The number of thiophene rings is 1. The maximum Gasteiger partial charge on any atom is 0.263 e. The van der Waals surface area contributed by atoms with E-state index in [2.05, 4.69) is 27.3 Å². The summed E-state index contributed by atoms with van der Waals surface area (Å²) in [7, 11) is 0. The van der Waals surface area contributed by atoms with Crippen molar-refractivity contribution in [1.82, 2.24) is 15.3 Å². The molecule has 34 heavy (non-hydrogen) atoms. The lowest BCUT2D eigenvalue weighted by molar-refractivity contribution is 0.0938. The minimum atomic E-state index is -0.119. The van der Waals surface area contributed by atoms with Gasteiger partial charge in [0.2, 0.25) is 0 Å². The number of fused-ring (bicyclic) bond motifs is 2. The van der Waals surface area contributed by atoms with Crippen LogP contribution in [-0.2, 0) is 17.6 Å². The molecule has 1 aliphatic carbocycles. The molecule has 0 aromatic carbocycles. The third-order valence-corrected chi connectivity index (χ3v) is 8.81. The van der Waals surface area contributed by atoms with Gasteiger partial charge in [-0.1, -0.05) is 6.07 Å². The molecule has 6 rings (SSSR count). The summed E-state index contributed by atoms with van der Waals surface area (Å²) in [6.45, 7) is 5.21. The molecular weight excluding hydrogens is 448 g/mol. The van der Waals surface area contributed by atoms with E-state index >= 15 is 0 Å². The number of carbonyl (C=O) groups is 1. The van der Waals surface area contributed by atoms with Crippen LogP contribution in [0.15, 0.2) is 24.3 Å². The van der Waals surface area contributed by atoms with Gasteiger partial charge in [0.05, 0.1) is 12.3 Å². The highest BCUT2D eigenvalue weighted by Crippen LogP contribution is 2.39. The minimum Gasteiger partial charge on any atom is -0.397 e. The third kappa shape index (κ3) is 3.62. The number of aromatic nitrogens is 2. The summed E-state index contributed by atoms with van der Waals surface area (Å²) in [6, 6.07) is 8.30. The SMILES string of the molecule is Cc1ccc2c(N)c(C(=O)N[C@H]3CCc4nc(N5C[C@@H](N)[C@]6(CCOC6)C5)ccc4C3)sc2n1. The van der Waals surface area contributed by atoms with Crippen molar-refractivity contribution in [2.45, 2.75) is 44.7 Å². The van der Waals surface area contributed by atoms with E-state index in [0.29, 0.717) is 10.6 Å². The van der Waals surface area contributed by atoms with Gasteiger partial charge in [-0.05, 0) is 56.4 Å². The number of hydrogen-bond donors (Lipinski definition) is 3.